The number of rotatable bonds is 51. The van der Waals surface area contributed by atoms with Gasteiger partial charge in [-0.05, 0) is 44.9 Å². The molecule has 8 nitrogen and oxygen atoms in total. The van der Waals surface area contributed by atoms with Gasteiger partial charge in [-0.2, -0.15) is 0 Å². The Bertz CT molecular complexity index is 1150. The van der Waals surface area contributed by atoms with Crippen LogP contribution >= 0.6 is 7.82 Å². The number of nitrogens with zero attached hydrogens (tertiary/aromatic N) is 1. The van der Waals surface area contributed by atoms with Gasteiger partial charge in [0.25, 0.3) is 7.82 Å². The number of hydrogen-bond donors (Lipinski definition) is 2. The van der Waals surface area contributed by atoms with Crippen LogP contribution in [0.1, 0.15) is 264 Å². The fourth-order valence-electron chi connectivity index (χ4n) is 8.17. The highest BCUT2D eigenvalue weighted by Gasteiger charge is 2.23. The second kappa shape index (κ2) is 47.8. The number of carbonyl (C=O) groups is 1. The van der Waals surface area contributed by atoms with Crippen LogP contribution in [0.25, 0.3) is 0 Å². The Hall–Kier alpha value is -1.28. The molecule has 3 unspecified atom stereocenters. The van der Waals surface area contributed by atoms with Crippen molar-refractivity contribution in [3.63, 3.8) is 0 Å². The summed E-state index contributed by atoms with van der Waals surface area (Å²) >= 11 is 0. The van der Waals surface area contributed by atoms with E-state index in [-0.39, 0.29) is 19.1 Å². The molecule has 0 aliphatic rings. The first-order chi connectivity index (χ1) is 31.5. The zero-order valence-electron chi connectivity index (χ0n) is 43.7. The predicted molar refractivity (Wildman–Crippen MR) is 279 cm³/mol. The van der Waals surface area contributed by atoms with Crippen LogP contribution in [0.4, 0.5) is 0 Å². The molecule has 0 spiro atoms. The molecule has 0 saturated carbocycles. The van der Waals surface area contributed by atoms with Crippen LogP contribution in [0, 0.1) is 0 Å². The van der Waals surface area contributed by atoms with Crippen LogP contribution in [-0.2, 0) is 18.4 Å². The number of unbranched alkanes of at least 4 members (excludes halogenated alkanes) is 34. The Morgan fingerprint density at radius 3 is 1.32 bits per heavy atom. The maximum atomic E-state index is 12.9. The van der Waals surface area contributed by atoms with E-state index >= 15 is 0 Å². The Balaban J connectivity index is 4.13. The lowest BCUT2D eigenvalue weighted by Crippen LogP contribution is -2.45. The largest absolute Gasteiger partial charge is 0.756 e. The number of phosphoric ester groups is 1. The van der Waals surface area contributed by atoms with Gasteiger partial charge in [0.05, 0.1) is 39.9 Å². The molecule has 2 N–H and O–H groups in total. The van der Waals surface area contributed by atoms with Crippen molar-refractivity contribution in [2.45, 2.75) is 276 Å². The maximum absolute atomic E-state index is 12.9. The average Bonchev–Trinajstić information content (AvgIpc) is 3.26. The van der Waals surface area contributed by atoms with Gasteiger partial charge in [-0.15, -0.1) is 0 Å². The quantitative estimate of drug-likeness (QED) is 0.0272. The summed E-state index contributed by atoms with van der Waals surface area (Å²) in [5, 5.41) is 13.8. The van der Waals surface area contributed by atoms with E-state index in [4.69, 9.17) is 9.05 Å². The number of hydrogen-bond acceptors (Lipinski definition) is 6. The summed E-state index contributed by atoms with van der Waals surface area (Å²) in [4.78, 5) is 25.4. The van der Waals surface area contributed by atoms with Gasteiger partial charge in [-0.3, -0.25) is 9.36 Å². The molecule has 384 valence electrons. The number of carbonyl (C=O) groups excluding carboxylic acids is 1. The number of phosphoric acid groups is 1. The van der Waals surface area contributed by atoms with Gasteiger partial charge in [-0.25, -0.2) is 0 Å². The number of amides is 1. The second-order valence-corrected chi connectivity index (χ2v) is 21.7. The minimum absolute atomic E-state index is 0.00380. The van der Waals surface area contributed by atoms with Crippen molar-refractivity contribution >= 4 is 13.7 Å². The van der Waals surface area contributed by atoms with Gasteiger partial charge in [0.15, 0.2) is 0 Å². The van der Waals surface area contributed by atoms with Crippen LogP contribution in [-0.4, -0.2) is 68.5 Å². The van der Waals surface area contributed by atoms with Crippen LogP contribution < -0.4 is 10.2 Å². The third kappa shape index (κ3) is 50.4. The molecule has 3 atom stereocenters. The van der Waals surface area contributed by atoms with E-state index in [1.54, 1.807) is 6.08 Å². The van der Waals surface area contributed by atoms with E-state index in [1.807, 2.05) is 27.2 Å². The minimum atomic E-state index is -4.60. The predicted octanol–water partition coefficient (Wildman–Crippen LogP) is 16.0. The summed E-state index contributed by atoms with van der Waals surface area (Å²) in [7, 11) is 1.26. The molecule has 0 radical (unpaired) electrons. The Kier molecular flexibility index (Phi) is 46.8. The van der Waals surface area contributed by atoms with Gasteiger partial charge in [0.2, 0.25) is 5.91 Å². The summed E-state index contributed by atoms with van der Waals surface area (Å²) in [5.74, 6) is -0.210. The van der Waals surface area contributed by atoms with Crippen molar-refractivity contribution in [3.05, 3.63) is 36.5 Å². The van der Waals surface area contributed by atoms with Crippen LogP contribution in [0.5, 0.6) is 0 Å². The highest BCUT2D eigenvalue weighted by Crippen LogP contribution is 2.38. The summed E-state index contributed by atoms with van der Waals surface area (Å²) in [6.45, 7) is 4.62. The molecule has 0 aliphatic heterocycles. The molecule has 0 saturated heterocycles. The SMILES string of the molecule is CCCC/C=C\C/C=C\CCCCCCCC(=O)NC(COP(=O)([O-])OCC[N+](C)(C)C)C(O)/C=C/CCCCCCCCCCCCCCCCCCCCCCCCCCCCC. The number of nitrogens with one attached hydrogen (secondary N) is 1. The molecule has 1 amide bonds. The van der Waals surface area contributed by atoms with Crippen molar-refractivity contribution in [1.82, 2.24) is 5.32 Å². The van der Waals surface area contributed by atoms with Crippen molar-refractivity contribution < 1.29 is 32.9 Å². The van der Waals surface area contributed by atoms with Crippen molar-refractivity contribution in [2.24, 2.45) is 0 Å². The normalized spacial score (nSPS) is 14.3. The van der Waals surface area contributed by atoms with Crippen LogP contribution in [0.3, 0.4) is 0 Å². The molecule has 0 bridgehead atoms. The zero-order chi connectivity index (χ0) is 47.8. The average molecular weight is 937 g/mol. The molecule has 65 heavy (non-hydrogen) atoms. The standard InChI is InChI=1S/C56H109N2O6P/c1-6-8-10-12-14-16-18-20-22-23-24-25-26-27-28-29-30-31-32-33-34-35-36-37-39-41-43-45-47-49-55(59)54(53-64-65(61,62)63-52-51-58(3,4)5)57-56(60)50-48-46-44-42-40-38-21-19-17-15-13-11-9-7-2/h13,15,19,21,47,49,54-55,59H,6-12,14,16-18,20,22-46,48,50-53H2,1-5H3,(H-,57,60,61,62)/b15-13-,21-19-,49-47+. The van der Waals surface area contributed by atoms with Crippen LogP contribution in [0.2, 0.25) is 0 Å². The van der Waals surface area contributed by atoms with E-state index in [1.165, 1.54) is 180 Å². The molecule has 0 aromatic heterocycles. The molecule has 0 fully saturated rings. The maximum Gasteiger partial charge on any atom is 0.268 e. The summed E-state index contributed by atoms with van der Waals surface area (Å²) in [6, 6.07) is -0.893. The lowest BCUT2D eigenvalue weighted by Gasteiger charge is -2.29. The van der Waals surface area contributed by atoms with Crippen LogP contribution in [0.15, 0.2) is 36.5 Å². The first-order valence-electron chi connectivity index (χ1n) is 27.9. The monoisotopic (exact) mass is 937 g/mol. The fourth-order valence-corrected chi connectivity index (χ4v) is 8.89. The summed E-state index contributed by atoms with van der Waals surface area (Å²) in [5.41, 5.74) is 0. The number of aliphatic hydroxyl groups excluding tert-OH is 1. The fraction of sp³-hybridized carbons (Fsp3) is 0.875. The molecule has 0 aliphatic carbocycles. The van der Waals surface area contributed by atoms with E-state index in [9.17, 15) is 19.4 Å². The van der Waals surface area contributed by atoms with Crippen molar-refractivity contribution in [3.8, 4) is 0 Å². The van der Waals surface area contributed by atoms with Crippen molar-refractivity contribution in [2.75, 3.05) is 40.9 Å². The number of aliphatic hydroxyl groups is 1. The number of quaternary nitrogens is 1. The van der Waals surface area contributed by atoms with Gasteiger partial charge < -0.3 is 28.8 Å². The molecule has 0 rings (SSSR count). The van der Waals surface area contributed by atoms with Gasteiger partial charge in [0, 0.05) is 6.42 Å². The summed E-state index contributed by atoms with van der Waals surface area (Å²) in [6.07, 6.45) is 60.8. The third-order valence-electron chi connectivity index (χ3n) is 12.6. The number of allylic oxidation sites excluding steroid dienone is 5. The first kappa shape index (κ1) is 63.7. The molecule has 9 heteroatoms. The lowest BCUT2D eigenvalue weighted by molar-refractivity contribution is -0.870. The topological polar surface area (TPSA) is 108 Å². The zero-order valence-corrected chi connectivity index (χ0v) is 44.6. The van der Waals surface area contributed by atoms with Crippen molar-refractivity contribution in [1.29, 1.82) is 0 Å². The third-order valence-corrected chi connectivity index (χ3v) is 13.6. The molecule has 0 aromatic rings. The molecule has 0 heterocycles. The number of likely N-dealkylation sites (N-methyl/N-ethyl adjacent to an activating group) is 1. The Morgan fingerprint density at radius 1 is 0.538 bits per heavy atom. The van der Waals surface area contributed by atoms with Gasteiger partial charge >= 0.3 is 0 Å². The van der Waals surface area contributed by atoms with E-state index in [0.717, 1.165) is 64.2 Å². The van der Waals surface area contributed by atoms with E-state index < -0.39 is 20.0 Å². The molecule has 0 aromatic carbocycles. The molecular formula is C56H109N2O6P. The summed E-state index contributed by atoms with van der Waals surface area (Å²) < 4.78 is 23.3. The Labute approximate surface area is 404 Å². The first-order valence-corrected chi connectivity index (χ1v) is 29.3. The molecular weight excluding hydrogens is 828 g/mol. The second-order valence-electron chi connectivity index (χ2n) is 20.3. The minimum Gasteiger partial charge on any atom is -0.756 e. The van der Waals surface area contributed by atoms with E-state index in [2.05, 4.69) is 43.5 Å². The van der Waals surface area contributed by atoms with Gasteiger partial charge in [-0.1, -0.05) is 249 Å². The van der Waals surface area contributed by atoms with Gasteiger partial charge in [0.1, 0.15) is 13.2 Å². The highest BCUT2D eigenvalue weighted by atomic mass is 31.2. The highest BCUT2D eigenvalue weighted by molar-refractivity contribution is 7.45. The Morgan fingerprint density at radius 2 is 0.908 bits per heavy atom. The lowest BCUT2D eigenvalue weighted by atomic mass is 10.0. The smallest absolute Gasteiger partial charge is 0.268 e. The van der Waals surface area contributed by atoms with E-state index in [0.29, 0.717) is 17.4 Å².